The molecule has 9 nitrogen and oxygen atoms in total. The number of likely N-dealkylation sites (N-methyl/N-ethyl adjacent to an activating group) is 1. The number of carbonyl (C=O) groups is 2. The van der Waals surface area contributed by atoms with Crippen molar-refractivity contribution >= 4 is 21.8 Å². The monoisotopic (exact) mass is 524 g/mol. The molecule has 0 saturated heterocycles. The van der Waals surface area contributed by atoms with Crippen LogP contribution in [-0.2, 0) is 39.1 Å². The zero-order valence-electron chi connectivity index (χ0n) is 21.2. The molecule has 2 amide bonds. The van der Waals surface area contributed by atoms with E-state index in [0.29, 0.717) is 11.4 Å². The molecule has 0 fully saturated rings. The van der Waals surface area contributed by atoms with Crippen molar-refractivity contribution in [3.63, 3.8) is 0 Å². The number of pyridine rings is 1. The average Bonchev–Trinajstić information content (AvgIpc) is 2.90. The van der Waals surface area contributed by atoms with Gasteiger partial charge in [-0.25, -0.2) is 8.42 Å². The highest BCUT2D eigenvalue weighted by Gasteiger charge is 2.32. The summed E-state index contributed by atoms with van der Waals surface area (Å²) in [6.45, 7) is -0.0957. The van der Waals surface area contributed by atoms with E-state index < -0.39 is 28.5 Å². The Morgan fingerprint density at radius 2 is 1.65 bits per heavy atom. The Morgan fingerprint density at radius 3 is 2.24 bits per heavy atom. The van der Waals surface area contributed by atoms with Crippen molar-refractivity contribution in [3.05, 3.63) is 95.8 Å². The number of nitrogens with zero attached hydrogens (tertiary/aromatic N) is 3. The Kier molecular flexibility index (Phi) is 9.76. The number of amides is 2. The van der Waals surface area contributed by atoms with Gasteiger partial charge in [-0.2, -0.15) is 4.31 Å². The van der Waals surface area contributed by atoms with Gasteiger partial charge in [0.25, 0.3) is 0 Å². The molecule has 2 aromatic carbocycles. The maximum absolute atomic E-state index is 13.6. The first-order valence-electron chi connectivity index (χ1n) is 11.7. The standard InChI is InChI=1S/C27H32N4O5S/c1-30(37(3,34)35)20-26(32)31(19-22-12-14-24(36-2)15-13-22)25(17-21-9-5-4-6-10-21)27(33)29-18-23-11-7-8-16-28-23/h4-16,25H,17-20H2,1-3H3,(H,29,33)/t25-/m0/s1. The lowest BCUT2D eigenvalue weighted by Crippen LogP contribution is -2.52. The third-order valence-corrected chi connectivity index (χ3v) is 7.14. The molecule has 0 unspecified atom stereocenters. The van der Waals surface area contributed by atoms with Crippen molar-refractivity contribution in [2.24, 2.45) is 0 Å². The second kappa shape index (κ2) is 13.0. The van der Waals surface area contributed by atoms with Crippen molar-refractivity contribution < 1.29 is 22.7 Å². The van der Waals surface area contributed by atoms with Gasteiger partial charge in [0.05, 0.1) is 32.1 Å². The molecule has 196 valence electrons. The molecule has 1 N–H and O–H groups in total. The summed E-state index contributed by atoms with van der Waals surface area (Å²) in [6, 6.07) is 21.1. The molecule has 1 aromatic heterocycles. The van der Waals surface area contributed by atoms with E-state index in [9.17, 15) is 18.0 Å². The molecule has 1 atom stereocenters. The molecule has 10 heteroatoms. The lowest BCUT2D eigenvalue weighted by Gasteiger charge is -2.32. The molecule has 0 bridgehead atoms. The van der Waals surface area contributed by atoms with E-state index in [2.05, 4.69) is 10.3 Å². The molecular weight excluding hydrogens is 492 g/mol. The summed E-state index contributed by atoms with van der Waals surface area (Å²) in [7, 11) is -0.701. The molecule has 3 aromatic rings. The first-order chi connectivity index (χ1) is 17.7. The van der Waals surface area contributed by atoms with Gasteiger partial charge in [0.15, 0.2) is 0 Å². The molecule has 0 aliphatic rings. The number of sulfonamides is 1. The summed E-state index contributed by atoms with van der Waals surface area (Å²) < 4.78 is 30.3. The van der Waals surface area contributed by atoms with Gasteiger partial charge in [-0.1, -0.05) is 48.5 Å². The number of ether oxygens (including phenoxy) is 1. The second-order valence-corrected chi connectivity index (χ2v) is 10.7. The van der Waals surface area contributed by atoms with E-state index >= 15 is 0 Å². The Morgan fingerprint density at radius 1 is 0.973 bits per heavy atom. The van der Waals surface area contributed by atoms with Crippen LogP contribution < -0.4 is 10.1 Å². The lowest BCUT2D eigenvalue weighted by molar-refractivity contribution is -0.141. The number of benzene rings is 2. The zero-order chi connectivity index (χ0) is 26.8. The topological polar surface area (TPSA) is 109 Å². The van der Waals surface area contributed by atoms with Gasteiger partial charge in [0.1, 0.15) is 11.8 Å². The minimum Gasteiger partial charge on any atom is -0.497 e. The Hall–Kier alpha value is -3.76. The molecule has 1 heterocycles. The van der Waals surface area contributed by atoms with Crippen LogP contribution in [0, 0.1) is 0 Å². The van der Waals surface area contributed by atoms with Crippen LogP contribution in [0.1, 0.15) is 16.8 Å². The fourth-order valence-corrected chi connectivity index (χ4v) is 4.02. The molecule has 0 radical (unpaired) electrons. The fraction of sp³-hybridized carbons (Fsp3) is 0.296. The van der Waals surface area contributed by atoms with E-state index in [-0.39, 0.29) is 25.4 Å². The zero-order valence-corrected chi connectivity index (χ0v) is 22.0. The summed E-state index contributed by atoms with van der Waals surface area (Å²) >= 11 is 0. The van der Waals surface area contributed by atoms with Crippen LogP contribution in [-0.4, -0.2) is 67.4 Å². The highest BCUT2D eigenvalue weighted by Crippen LogP contribution is 2.18. The van der Waals surface area contributed by atoms with Gasteiger partial charge in [-0.15, -0.1) is 0 Å². The van der Waals surface area contributed by atoms with Gasteiger partial charge >= 0.3 is 0 Å². The quantitative estimate of drug-likeness (QED) is 0.389. The number of nitrogens with one attached hydrogen (secondary N) is 1. The maximum atomic E-state index is 13.6. The number of hydrogen-bond donors (Lipinski definition) is 1. The fourth-order valence-electron chi connectivity index (χ4n) is 3.68. The summed E-state index contributed by atoms with van der Waals surface area (Å²) in [5.74, 6) is -0.191. The van der Waals surface area contributed by atoms with Crippen LogP contribution in [0.2, 0.25) is 0 Å². The van der Waals surface area contributed by atoms with E-state index in [1.807, 2.05) is 48.5 Å². The highest BCUT2D eigenvalue weighted by molar-refractivity contribution is 7.88. The molecular formula is C27H32N4O5S. The summed E-state index contributed by atoms with van der Waals surface area (Å²) in [5, 5.41) is 2.90. The molecule has 37 heavy (non-hydrogen) atoms. The minimum atomic E-state index is -3.60. The lowest BCUT2D eigenvalue weighted by atomic mass is 10.0. The van der Waals surface area contributed by atoms with Crippen LogP contribution in [0.3, 0.4) is 0 Å². The van der Waals surface area contributed by atoms with Crippen LogP contribution in [0.15, 0.2) is 79.0 Å². The molecule has 0 aliphatic carbocycles. The number of aromatic nitrogens is 1. The van der Waals surface area contributed by atoms with E-state index in [4.69, 9.17) is 4.74 Å². The third kappa shape index (κ3) is 8.40. The first kappa shape index (κ1) is 27.8. The Bertz CT molecular complexity index is 1270. The van der Waals surface area contributed by atoms with Crippen LogP contribution in [0.4, 0.5) is 0 Å². The predicted molar refractivity (Wildman–Crippen MR) is 141 cm³/mol. The van der Waals surface area contributed by atoms with E-state index in [1.165, 1.54) is 11.9 Å². The van der Waals surface area contributed by atoms with Crippen molar-refractivity contribution in [1.82, 2.24) is 19.5 Å². The summed E-state index contributed by atoms with van der Waals surface area (Å²) in [5.41, 5.74) is 2.32. The maximum Gasteiger partial charge on any atom is 0.243 e. The third-order valence-electron chi connectivity index (χ3n) is 5.88. The Labute approximate surface area is 218 Å². The second-order valence-electron chi connectivity index (χ2n) is 8.63. The van der Waals surface area contributed by atoms with E-state index in [1.54, 1.807) is 37.6 Å². The SMILES string of the molecule is COc1ccc(CN(C(=O)CN(C)S(C)(=O)=O)[C@@H](Cc2ccccc2)C(=O)NCc2ccccn2)cc1. The van der Waals surface area contributed by atoms with Gasteiger partial charge in [0.2, 0.25) is 21.8 Å². The Balaban J connectivity index is 1.94. The summed E-state index contributed by atoms with van der Waals surface area (Å²) in [6.07, 6.45) is 2.93. The molecule has 0 aliphatic heterocycles. The molecule has 0 saturated carbocycles. The van der Waals surface area contributed by atoms with Gasteiger partial charge in [0, 0.05) is 26.2 Å². The van der Waals surface area contributed by atoms with Crippen molar-refractivity contribution in [3.8, 4) is 5.75 Å². The van der Waals surface area contributed by atoms with Crippen molar-refractivity contribution in [1.29, 1.82) is 0 Å². The smallest absolute Gasteiger partial charge is 0.243 e. The van der Waals surface area contributed by atoms with Crippen LogP contribution in [0.5, 0.6) is 5.75 Å². The minimum absolute atomic E-state index is 0.106. The van der Waals surface area contributed by atoms with Gasteiger partial charge in [-0.05, 0) is 35.4 Å². The molecule has 0 spiro atoms. The predicted octanol–water partition coefficient (Wildman–Crippen LogP) is 2.24. The van der Waals surface area contributed by atoms with Crippen molar-refractivity contribution in [2.75, 3.05) is 27.0 Å². The van der Waals surface area contributed by atoms with Crippen molar-refractivity contribution in [2.45, 2.75) is 25.6 Å². The van der Waals surface area contributed by atoms with Gasteiger partial charge in [-0.3, -0.25) is 14.6 Å². The van der Waals surface area contributed by atoms with E-state index in [0.717, 1.165) is 21.7 Å². The average molecular weight is 525 g/mol. The highest BCUT2D eigenvalue weighted by atomic mass is 32.2. The summed E-state index contributed by atoms with van der Waals surface area (Å²) in [4.78, 5) is 32.8. The first-order valence-corrected chi connectivity index (χ1v) is 13.6. The number of rotatable bonds is 12. The van der Waals surface area contributed by atoms with Gasteiger partial charge < -0.3 is 15.0 Å². The largest absolute Gasteiger partial charge is 0.497 e. The van der Waals surface area contributed by atoms with Crippen LogP contribution in [0.25, 0.3) is 0 Å². The van der Waals surface area contributed by atoms with Crippen LogP contribution >= 0.6 is 0 Å². The number of hydrogen-bond acceptors (Lipinski definition) is 6. The number of methoxy groups -OCH3 is 1. The number of carbonyl (C=O) groups excluding carboxylic acids is 2. The molecule has 3 rings (SSSR count). The normalized spacial score (nSPS) is 12.1.